The Morgan fingerprint density at radius 2 is 1.83 bits per heavy atom. The first kappa shape index (κ1) is 20.5. The number of benzene rings is 2. The smallest absolute Gasteiger partial charge is 0.338 e. The lowest BCUT2D eigenvalue weighted by Gasteiger charge is -2.16. The average molecular weight is 398 g/mol. The van der Waals surface area contributed by atoms with Crippen LogP contribution in [0.4, 0.5) is 10.1 Å². The number of anilines is 1. The van der Waals surface area contributed by atoms with Gasteiger partial charge >= 0.3 is 5.97 Å². The summed E-state index contributed by atoms with van der Waals surface area (Å²) in [5, 5.41) is 2.70. The van der Waals surface area contributed by atoms with Crippen LogP contribution in [0.3, 0.4) is 0 Å². The molecule has 1 aliphatic heterocycles. The molecule has 29 heavy (non-hydrogen) atoms. The molecule has 1 N–H and O–H groups in total. The van der Waals surface area contributed by atoms with Crippen LogP contribution < -0.4 is 10.2 Å². The van der Waals surface area contributed by atoms with Gasteiger partial charge in [0, 0.05) is 25.2 Å². The molecule has 1 saturated heterocycles. The molecule has 1 aliphatic rings. The summed E-state index contributed by atoms with van der Waals surface area (Å²) in [7, 11) is 0. The Hall–Kier alpha value is -3.22. The van der Waals surface area contributed by atoms with Gasteiger partial charge in [0.2, 0.25) is 5.91 Å². The first-order chi connectivity index (χ1) is 13.9. The first-order valence-corrected chi connectivity index (χ1v) is 9.57. The summed E-state index contributed by atoms with van der Waals surface area (Å²) in [6.07, 6.45) is 0.965. The van der Waals surface area contributed by atoms with Gasteiger partial charge in [-0.25, -0.2) is 9.18 Å². The molecule has 0 aliphatic carbocycles. The summed E-state index contributed by atoms with van der Waals surface area (Å²) < 4.78 is 18.1. The molecule has 2 amide bonds. The van der Waals surface area contributed by atoms with Crippen LogP contribution in [0.15, 0.2) is 48.5 Å². The number of carbonyl (C=O) groups is 3. The van der Waals surface area contributed by atoms with Crippen LogP contribution in [0.2, 0.25) is 0 Å². The lowest BCUT2D eigenvalue weighted by Crippen LogP contribution is -2.36. The van der Waals surface area contributed by atoms with Gasteiger partial charge in [-0.2, -0.15) is 0 Å². The molecule has 2 aromatic rings. The highest BCUT2D eigenvalue weighted by molar-refractivity contribution is 5.96. The Morgan fingerprint density at radius 1 is 1.14 bits per heavy atom. The van der Waals surface area contributed by atoms with E-state index in [1.165, 1.54) is 19.1 Å². The molecule has 0 radical (unpaired) electrons. The van der Waals surface area contributed by atoms with Gasteiger partial charge in [-0.1, -0.05) is 12.1 Å². The predicted molar refractivity (Wildman–Crippen MR) is 106 cm³/mol. The zero-order chi connectivity index (χ0) is 20.8. The summed E-state index contributed by atoms with van der Waals surface area (Å²) in [6.45, 7) is 2.53. The molecular formula is C22H23FN2O4. The zero-order valence-corrected chi connectivity index (χ0v) is 16.2. The van der Waals surface area contributed by atoms with Crippen LogP contribution in [-0.4, -0.2) is 37.0 Å². The number of halogens is 1. The molecule has 0 spiro atoms. The third-order valence-electron chi connectivity index (χ3n) is 4.77. The van der Waals surface area contributed by atoms with Gasteiger partial charge in [-0.3, -0.25) is 9.59 Å². The van der Waals surface area contributed by atoms with Crippen molar-refractivity contribution in [3.8, 4) is 0 Å². The number of hydrogen-bond acceptors (Lipinski definition) is 4. The van der Waals surface area contributed by atoms with Crippen LogP contribution in [0, 0.1) is 5.82 Å². The van der Waals surface area contributed by atoms with Crippen LogP contribution in [0.25, 0.3) is 0 Å². The van der Waals surface area contributed by atoms with E-state index in [4.69, 9.17) is 4.74 Å². The largest absolute Gasteiger partial charge is 0.449 e. The van der Waals surface area contributed by atoms with E-state index >= 15 is 0 Å². The van der Waals surface area contributed by atoms with E-state index in [1.54, 1.807) is 41.3 Å². The number of rotatable bonds is 7. The Labute approximate surface area is 168 Å². The van der Waals surface area contributed by atoms with E-state index in [2.05, 4.69) is 5.32 Å². The molecule has 0 aromatic heterocycles. The van der Waals surface area contributed by atoms with Crippen LogP contribution in [0.5, 0.6) is 0 Å². The highest BCUT2D eigenvalue weighted by atomic mass is 19.1. The second kappa shape index (κ2) is 9.32. The SMILES string of the molecule is C[C@@H](OC(=O)c1ccc(N2CCCC2=O)cc1)C(=O)NCCc1ccc(F)cc1. The van der Waals surface area contributed by atoms with E-state index in [0.29, 0.717) is 31.5 Å². The van der Waals surface area contributed by atoms with Gasteiger partial charge < -0.3 is 15.0 Å². The minimum atomic E-state index is -0.949. The lowest BCUT2D eigenvalue weighted by molar-refractivity contribution is -0.129. The summed E-state index contributed by atoms with van der Waals surface area (Å²) in [4.78, 5) is 37.9. The minimum absolute atomic E-state index is 0.0752. The molecule has 3 rings (SSSR count). The molecular weight excluding hydrogens is 375 g/mol. The van der Waals surface area contributed by atoms with Crippen molar-refractivity contribution in [2.45, 2.75) is 32.3 Å². The normalized spacial score (nSPS) is 14.6. The molecule has 1 fully saturated rings. The fourth-order valence-electron chi connectivity index (χ4n) is 3.11. The lowest BCUT2D eigenvalue weighted by atomic mass is 10.1. The van der Waals surface area contributed by atoms with Crippen molar-refractivity contribution in [2.24, 2.45) is 0 Å². The Bertz CT molecular complexity index is 881. The number of carbonyl (C=O) groups excluding carboxylic acids is 3. The van der Waals surface area contributed by atoms with Crippen molar-refractivity contribution < 1.29 is 23.5 Å². The van der Waals surface area contributed by atoms with Crippen LogP contribution >= 0.6 is 0 Å². The number of hydrogen-bond donors (Lipinski definition) is 1. The van der Waals surface area contributed by atoms with Gasteiger partial charge in [0.15, 0.2) is 6.10 Å². The number of nitrogens with one attached hydrogen (secondary N) is 1. The highest BCUT2D eigenvalue weighted by Gasteiger charge is 2.22. The molecule has 0 saturated carbocycles. The van der Waals surface area contributed by atoms with E-state index in [1.807, 2.05) is 0 Å². The zero-order valence-electron chi connectivity index (χ0n) is 16.2. The van der Waals surface area contributed by atoms with E-state index < -0.39 is 18.0 Å². The first-order valence-electron chi connectivity index (χ1n) is 9.57. The van der Waals surface area contributed by atoms with Gasteiger partial charge in [0.05, 0.1) is 5.56 Å². The van der Waals surface area contributed by atoms with Crippen molar-refractivity contribution in [1.82, 2.24) is 5.32 Å². The predicted octanol–water partition coefficient (Wildman–Crippen LogP) is 2.86. The molecule has 152 valence electrons. The molecule has 1 atom stereocenters. The fourth-order valence-corrected chi connectivity index (χ4v) is 3.11. The van der Waals surface area contributed by atoms with Gasteiger partial charge in [0.1, 0.15) is 5.82 Å². The number of esters is 1. The highest BCUT2D eigenvalue weighted by Crippen LogP contribution is 2.22. The van der Waals surface area contributed by atoms with Crippen molar-refractivity contribution in [2.75, 3.05) is 18.0 Å². The maximum absolute atomic E-state index is 12.9. The summed E-state index contributed by atoms with van der Waals surface area (Å²) in [6, 6.07) is 12.6. The third-order valence-corrected chi connectivity index (χ3v) is 4.77. The molecule has 0 bridgehead atoms. The van der Waals surface area contributed by atoms with E-state index in [9.17, 15) is 18.8 Å². The number of ether oxygens (including phenoxy) is 1. The quantitative estimate of drug-likeness (QED) is 0.728. The topological polar surface area (TPSA) is 75.7 Å². The molecule has 0 unspecified atom stereocenters. The summed E-state index contributed by atoms with van der Waals surface area (Å²) in [5.74, 6) is -1.24. The summed E-state index contributed by atoms with van der Waals surface area (Å²) in [5.41, 5.74) is 1.95. The maximum Gasteiger partial charge on any atom is 0.338 e. The number of amides is 2. The van der Waals surface area contributed by atoms with E-state index in [-0.39, 0.29) is 11.7 Å². The van der Waals surface area contributed by atoms with Crippen LogP contribution in [-0.2, 0) is 20.7 Å². The monoisotopic (exact) mass is 398 g/mol. The van der Waals surface area contributed by atoms with Crippen LogP contribution in [0.1, 0.15) is 35.7 Å². The Balaban J connectivity index is 1.47. The van der Waals surface area contributed by atoms with Gasteiger partial charge in [-0.05, 0) is 61.7 Å². The molecule has 2 aromatic carbocycles. The fraction of sp³-hybridized carbons (Fsp3) is 0.318. The average Bonchev–Trinajstić information content (AvgIpc) is 3.15. The maximum atomic E-state index is 12.9. The van der Waals surface area contributed by atoms with E-state index in [0.717, 1.165) is 17.7 Å². The molecule has 7 heteroatoms. The van der Waals surface area contributed by atoms with Gasteiger partial charge in [-0.15, -0.1) is 0 Å². The minimum Gasteiger partial charge on any atom is -0.449 e. The van der Waals surface area contributed by atoms with Crippen molar-refractivity contribution in [1.29, 1.82) is 0 Å². The Kier molecular flexibility index (Phi) is 6.59. The summed E-state index contributed by atoms with van der Waals surface area (Å²) >= 11 is 0. The van der Waals surface area contributed by atoms with Crippen molar-refractivity contribution >= 4 is 23.5 Å². The second-order valence-electron chi connectivity index (χ2n) is 6.91. The Morgan fingerprint density at radius 3 is 2.45 bits per heavy atom. The molecule has 6 nitrogen and oxygen atoms in total. The number of nitrogens with zero attached hydrogens (tertiary/aromatic N) is 1. The second-order valence-corrected chi connectivity index (χ2v) is 6.91. The standard InChI is InChI=1S/C22H23FN2O4/c1-15(21(27)24-13-12-16-4-8-18(23)9-5-16)29-22(28)17-6-10-19(11-7-17)25-14-2-3-20(25)26/h4-11,15H,2-3,12-14H2,1H3,(H,24,27)/t15-/m1/s1. The van der Waals surface area contributed by atoms with Gasteiger partial charge in [0.25, 0.3) is 5.91 Å². The van der Waals surface area contributed by atoms with Crippen molar-refractivity contribution in [3.63, 3.8) is 0 Å². The third kappa shape index (κ3) is 5.40. The molecule has 1 heterocycles. The van der Waals surface area contributed by atoms with Crippen molar-refractivity contribution in [3.05, 3.63) is 65.5 Å².